The number of ether oxygens (including phenoxy) is 1. The van der Waals surface area contributed by atoms with Crippen molar-refractivity contribution in [2.24, 2.45) is 0 Å². The van der Waals surface area contributed by atoms with Crippen LogP contribution in [0, 0.1) is 13.8 Å². The van der Waals surface area contributed by atoms with Crippen LogP contribution in [-0.2, 0) is 0 Å². The average molecular weight is 299 g/mol. The van der Waals surface area contributed by atoms with E-state index >= 15 is 0 Å². The normalized spacial score (nSPS) is 13.6. The summed E-state index contributed by atoms with van der Waals surface area (Å²) >= 11 is 0. The molecule has 0 aliphatic rings. The van der Waals surface area contributed by atoms with Crippen LogP contribution >= 0.6 is 0 Å². The van der Waals surface area contributed by atoms with Crippen LogP contribution < -0.4 is 10.1 Å². The van der Waals surface area contributed by atoms with Crippen LogP contribution in [0.25, 0.3) is 0 Å². The zero-order valence-electron chi connectivity index (χ0n) is 13.5. The fourth-order valence-electron chi connectivity index (χ4n) is 2.28. The Morgan fingerprint density at radius 1 is 1.09 bits per heavy atom. The number of nitrogens with one attached hydrogen (secondary N) is 1. The second-order valence-electron chi connectivity index (χ2n) is 5.77. The molecule has 0 bridgehead atoms. The summed E-state index contributed by atoms with van der Waals surface area (Å²) in [5, 5.41) is 13.4. The molecule has 3 heteroatoms. The maximum absolute atomic E-state index is 10.1. The van der Waals surface area contributed by atoms with Crippen LogP contribution in [0.15, 0.2) is 48.5 Å². The fourth-order valence-corrected chi connectivity index (χ4v) is 2.28. The first-order valence-electron chi connectivity index (χ1n) is 7.72. The third-order valence-corrected chi connectivity index (χ3v) is 3.73. The van der Waals surface area contributed by atoms with Crippen LogP contribution in [0.3, 0.4) is 0 Å². The first-order valence-corrected chi connectivity index (χ1v) is 7.72. The van der Waals surface area contributed by atoms with Crippen molar-refractivity contribution in [1.82, 2.24) is 5.32 Å². The number of hydrogen-bond acceptors (Lipinski definition) is 3. The molecule has 2 N–H and O–H groups in total. The smallest absolute Gasteiger partial charge is 0.122 e. The number of aliphatic hydroxyl groups is 1. The Kier molecular flexibility index (Phi) is 5.99. The van der Waals surface area contributed by atoms with E-state index in [0.29, 0.717) is 13.2 Å². The Morgan fingerprint density at radius 3 is 2.55 bits per heavy atom. The lowest BCUT2D eigenvalue weighted by Crippen LogP contribution is -2.33. The van der Waals surface area contributed by atoms with Gasteiger partial charge >= 0.3 is 0 Å². The van der Waals surface area contributed by atoms with Crippen molar-refractivity contribution in [3.63, 3.8) is 0 Å². The number of rotatable bonds is 7. The molecule has 0 spiro atoms. The molecule has 22 heavy (non-hydrogen) atoms. The lowest BCUT2D eigenvalue weighted by molar-refractivity contribution is 0.104. The van der Waals surface area contributed by atoms with Gasteiger partial charge in [-0.15, -0.1) is 0 Å². The van der Waals surface area contributed by atoms with E-state index < -0.39 is 6.10 Å². The highest BCUT2D eigenvalue weighted by atomic mass is 16.5. The average Bonchev–Trinajstić information content (AvgIpc) is 2.54. The van der Waals surface area contributed by atoms with Crippen LogP contribution in [0.4, 0.5) is 0 Å². The maximum Gasteiger partial charge on any atom is 0.122 e. The van der Waals surface area contributed by atoms with Crippen LogP contribution in [0.1, 0.15) is 29.7 Å². The van der Waals surface area contributed by atoms with Crippen molar-refractivity contribution in [2.75, 3.05) is 13.2 Å². The first-order chi connectivity index (χ1) is 10.6. The van der Waals surface area contributed by atoms with Gasteiger partial charge in [0.15, 0.2) is 0 Å². The fraction of sp³-hybridized carbons (Fsp3) is 0.368. The van der Waals surface area contributed by atoms with Crippen LogP contribution in [-0.4, -0.2) is 24.4 Å². The van der Waals surface area contributed by atoms with Gasteiger partial charge in [0.1, 0.15) is 18.5 Å². The Morgan fingerprint density at radius 2 is 1.82 bits per heavy atom. The SMILES string of the molecule is Cc1ccc(C)c(OC[C@H](O)CN[C@@H](C)c2ccccc2)c1. The predicted octanol–water partition coefficient (Wildman–Crippen LogP) is 3.39. The molecule has 3 nitrogen and oxygen atoms in total. The van der Waals surface area contributed by atoms with Crippen molar-refractivity contribution in [2.45, 2.75) is 32.9 Å². The second kappa shape index (κ2) is 7.97. The molecular weight excluding hydrogens is 274 g/mol. The third kappa shape index (κ3) is 4.86. The molecular formula is C19H25NO2. The van der Waals surface area contributed by atoms with Gasteiger partial charge in [-0.1, -0.05) is 42.5 Å². The molecule has 118 valence electrons. The summed E-state index contributed by atoms with van der Waals surface area (Å²) in [6, 6.07) is 16.5. The second-order valence-corrected chi connectivity index (χ2v) is 5.77. The molecule has 0 aromatic heterocycles. The zero-order chi connectivity index (χ0) is 15.9. The van der Waals surface area contributed by atoms with Crippen LogP contribution in [0.2, 0.25) is 0 Å². The Balaban J connectivity index is 1.78. The lowest BCUT2D eigenvalue weighted by atomic mass is 10.1. The van der Waals surface area contributed by atoms with Gasteiger partial charge in [-0.3, -0.25) is 0 Å². The van der Waals surface area contributed by atoms with E-state index in [1.807, 2.05) is 44.2 Å². The molecule has 0 unspecified atom stereocenters. The van der Waals surface area contributed by atoms with Gasteiger partial charge in [0.25, 0.3) is 0 Å². The highest BCUT2D eigenvalue weighted by molar-refractivity contribution is 5.35. The molecule has 0 heterocycles. The summed E-state index contributed by atoms with van der Waals surface area (Å²) < 4.78 is 5.73. The van der Waals surface area contributed by atoms with Gasteiger partial charge in [-0.05, 0) is 43.5 Å². The molecule has 0 aliphatic carbocycles. The van der Waals surface area contributed by atoms with Gasteiger partial charge < -0.3 is 15.2 Å². The molecule has 0 amide bonds. The molecule has 0 aliphatic heterocycles. The highest BCUT2D eigenvalue weighted by Gasteiger charge is 2.10. The molecule has 2 aromatic carbocycles. The minimum atomic E-state index is -0.536. The minimum Gasteiger partial charge on any atom is -0.491 e. The summed E-state index contributed by atoms with van der Waals surface area (Å²) in [5.74, 6) is 0.843. The standard InChI is InChI=1S/C19H25NO2/c1-14-9-10-15(2)19(11-14)22-13-18(21)12-20-16(3)17-7-5-4-6-8-17/h4-11,16,18,20-21H,12-13H2,1-3H3/t16-,18+/m0/s1. The summed E-state index contributed by atoms with van der Waals surface area (Å²) in [5.41, 5.74) is 3.46. The van der Waals surface area contributed by atoms with E-state index in [2.05, 4.69) is 30.4 Å². The summed E-state index contributed by atoms with van der Waals surface area (Å²) in [4.78, 5) is 0. The Bertz CT molecular complexity index is 583. The summed E-state index contributed by atoms with van der Waals surface area (Å²) in [6.45, 7) is 6.93. The van der Waals surface area contributed by atoms with Crippen molar-refractivity contribution in [3.05, 3.63) is 65.2 Å². The van der Waals surface area contributed by atoms with Gasteiger partial charge in [0.2, 0.25) is 0 Å². The van der Waals surface area contributed by atoms with E-state index in [4.69, 9.17) is 4.74 Å². The molecule has 0 saturated heterocycles. The number of aryl methyl sites for hydroxylation is 2. The molecule has 2 rings (SSSR count). The summed E-state index contributed by atoms with van der Waals surface area (Å²) in [6.07, 6.45) is -0.536. The lowest BCUT2D eigenvalue weighted by Gasteiger charge is -2.18. The largest absolute Gasteiger partial charge is 0.491 e. The van der Waals surface area contributed by atoms with Gasteiger partial charge in [0, 0.05) is 12.6 Å². The Hall–Kier alpha value is -1.84. The third-order valence-electron chi connectivity index (χ3n) is 3.73. The van der Waals surface area contributed by atoms with Crippen LogP contribution in [0.5, 0.6) is 5.75 Å². The van der Waals surface area contributed by atoms with Crippen molar-refractivity contribution in [1.29, 1.82) is 0 Å². The first kappa shape index (κ1) is 16.5. The van der Waals surface area contributed by atoms with Crippen molar-refractivity contribution in [3.8, 4) is 5.75 Å². The maximum atomic E-state index is 10.1. The van der Waals surface area contributed by atoms with E-state index in [0.717, 1.165) is 16.9 Å². The molecule has 2 aromatic rings. The van der Waals surface area contributed by atoms with Gasteiger partial charge in [-0.25, -0.2) is 0 Å². The van der Waals surface area contributed by atoms with E-state index in [9.17, 15) is 5.11 Å². The quantitative estimate of drug-likeness (QED) is 0.823. The monoisotopic (exact) mass is 299 g/mol. The Labute approximate surface area is 133 Å². The molecule has 0 fully saturated rings. The van der Waals surface area contributed by atoms with E-state index in [1.165, 1.54) is 5.56 Å². The van der Waals surface area contributed by atoms with E-state index in [-0.39, 0.29) is 6.04 Å². The van der Waals surface area contributed by atoms with Gasteiger partial charge in [0.05, 0.1) is 0 Å². The predicted molar refractivity (Wildman–Crippen MR) is 90.3 cm³/mol. The molecule has 0 radical (unpaired) electrons. The molecule has 2 atom stereocenters. The number of hydrogen-bond donors (Lipinski definition) is 2. The topological polar surface area (TPSA) is 41.5 Å². The summed E-state index contributed by atoms with van der Waals surface area (Å²) in [7, 11) is 0. The number of aliphatic hydroxyl groups excluding tert-OH is 1. The zero-order valence-corrected chi connectivity index (χ0v) is 13.5. The highest BCUT2D eigenvalue weighted by Crippen LogP contribution is 2.19. The van der Waals surface area contributed by atoms with Crippen molar-refractivity contribution >= 4 is 0 Å². The molecule has 0 saturated carbocycles. The van der Waals surface area contributed by atoms with Crippen molar-refractivity contribution < 1.29 is 9.84 Å². The van der Waals surface area contributed by atoms with E-state index in [1.54, 1.807) is 0 Å². The number of benzene rings is 2. The minimum absolute atomic E-state index is 0.205. The van der Waals surface area contributed by atoms with Gasteiger partial charge in [-0.2, -0.15) is 0 Å².